The number of esters is 1. The maximum absolute atomic E-state index is 11.8. The van der Waals surface area contributed by atoms with Crippen LogP contribution in [0.25, 0.3) is 6.08 Å². The van der Waals surface area contributed by atoms with Crippen LogP contribution in [0.15, 0.2) is 28.7 Å². The molecule has 4 nitrogen and oxygen atoms in total. The summed E-state index contributed by atoms with van der Waals surface area (Å²) in [5.74, 6) is 0.314. The number of hydrogen-bond donors (Lipinski definition) is 0. The average molecular weight is 343 g/mol. The second kappa shape index (κ2) is 7.45. The highest BCUT2D eigenvalue weighted by Crippen LogP contribution is 2.19. The van der Waals surface area contributed by atoms with E-state index < -0.39 is 11.6 Å². The first-order valence-electron chi connectivity index (χ1n) is 6.14. The number of methoxy groups -OCH3 is 1. The van der Waals surface area contributed by atoms with Gasteiger partial charge in [0.05, 0.1) is 0 Å². The number of halogens is 1. The van der Waals surface area contributed by atoms with Crippen LogP contribution in [0.4, 0.5) is 0 Å². The van der Waals surface area contributed by atoms with E-state index in [1.165, 1.54) is 0 Å². The third kappa shape index (κ3) is 6.21. The molecule has 0 amide bonds. The zero-order valence-corrected chi connectivity index (χ0v) is 13.7. The quantitative estimate of drug-likeness (QED) is 0.464. The highest BCUT2D eigenvalue weighted by atomic mass is 79.9. The van der Waals surface area contributed by atoms with Gasteiger partial charge in [-0.25, -0.2) is 4.79 Å². The van der Waals surface area contributed by atoms with Gasteiger partial charge in [0.2, 0.25) is 0 Å². The zero-order chi connectivity index (χ0) is 15.2. The first-order chi connectivity index (χ1) is 9.31. The van der Waals surface area contributed by atoms with E-state index in [4.69, 9.17) is 14.2 Å². The number of carbonyl (C=O) groups is 1. The lowest BCUT2D eigenvalue weighted by Gasteiger charge is -2.19. The Morgan fingerprint density at radius 3 is 2.35 bits per heavy atom. The number of ether oxygens (including phenoxy) is 3. The molecule has 0 fully saturated rings. The van der Waals surface area contributed by atoms with Crippen LogP contribution in [0.3, 0.4) is 0 Å². The summed E-state index contributed by atoms with van der Waals surface area (Å²) in [4.78, 5) is 11.8. The fourth-order valence-corrected chi connectivity index (χ4v) is 1.66. The molecule has 1 aromatic rings. The van der Waals surface area contributed by atoms with Gasteiger partial charge in [0, 0.05) is 7.11 Å². The van der Waals surface area contributed by atoms with Crippen LogP contribution >= 0.6 is 15.9 Å². The number of carbonyl (C=O) groups excluding carboxylic acids is 1. The van der Waals surface area contributed by atoms with Crippen LogP contribution in [0.2, 0.25) is 0 Å². The molecule has 1 rings (SSSR count). The molecule has 110 valence electrons. The molecule has 0 radical (unpaired) electrons. The SMILES string of the molecule is COCOc1ccc(/C=C(\Br)C(=O)OC(C)(C)C)cc1. The fraction of sp³-hybridized carbons (Fsp3) is 0.400. The molecule has 0 aromatic heterocycles. The van der Waals surface area contributed by atoms with Gasteiger partial charge in [-0.2, -0.15) is 0 Å². The van der Waals surface area contributed by atoms with Gasteiger partial charge in [0.15, 0.2) is 6.79 Å². The van der Waals surface area contributed by atoms with E-state index in [1.807, 2.05) is 32.9 Å². The van der Waals surface area contributed by atoms with Crippen LogP contribution in [-0.2, 0) is 14.3 Å². The Kier molecular flexibility index (Phi) is 6.23. The van der Waals surface area contributed by atoms with Gasteiger partial charge in [-0.05, 0) is 60.5 Å². The Balaban J connectivity index is 2.70. The Hall–Kier alpha value is -1.33. The second-order valence-electron chi connectivity index (χ2n) is 5.11. The van der Waals surface area contributed by atoms with Gasteiger partial charge < -0.3 is 14.2 Å². The predicted molar refractivity (Wildman–Crippen MR) is 81.7 cm³/mol. The lowest BCUT2D eigenvalue weighted by Crippen LogP contribution is -2.23. The zero-order valence-electron chi connectivity index (χ0n) is 12.1. The Bertz CT molecular complexity index is 472. The minimum atomic E-state index is -0.512. The van der Waals surface area contributed by atoms with E-state index in [2.05, 4.69) is 15.9 Å². The highest BCUT2D eigenvalue weighted by molar-refractivity contribution is 9.12. The van der Waals surface area contributed by atoms with Crippen molar-refractivity contribution in [3.8, 4) is 5.75 Å². The monoisotopic (exact) mass is 342 g/mol. The van der Waals surface area contributed by atoms with Crippen molar-refractivity contribution >= 4 is 28.0 Å². The average Bonchev–Trinajstić information content (AvgIpc) is 2.36. The molecule has 0 aliphatic rings. The lowest BCUT2D eigenvalue weighted by molar-refractivity contribution is -0.148. The summed E-state index contributed by atoms with van der Waals surface area (Å²) in [6.07, 6.45) is 1.70. The van der Waals surface area contributed by atoms with E-state index in [9.17, 15) is 4.79 Å². The molecular weight excluding hydrogens is 324 g/mol. The van der Waals surface area contributed by atoms with Crippen molar-refractivity contribution in [2.75, 3.05) is 13.9 Å². The third-order valence-corrected chi connectivity index (χ3v) is 2.66. The van der Waals surface area contributed by atoms with Gasteiger partial charge in [-0.1, -0.05) is 12.1 Å². The van der Waals surface area contributed by atoms with E-state index in [0.29, 0.717) is 10.2 Å². The Morgan fingerprint density at radius 2 is 1.85 bits per heavy atom. The number of hydrogen-bond acceptors (Lipinski definition) is 4. The molecule has 0 saturated heterocycles. The maximum atomic E-state index is 11.8. The first-order valence-corrected chi connectivity index (χ1v) is 6.93. The summed E-state index contributed by atoms with van der Waals surface area (Å²) < 4.78 is 15.7. The van der Waals surface area contributed by atoms with Crippen molar-refractivity contribution < 1.29 is 19.0 Å². The molecule has 0 N–H and O–H groups in total. The number of rotatable bonds is 5. The normalized spacial score (nSPS) is 12.2. The van der Waals surface area contributed by atoms with Crippen LogP contribution in [0, 0.1) is 0 Å². The fourth-order valence-electron chi connectivity index (χ4n) is 1.32. The Labute approximate surface area is 127 Å². The summed E-state index contributed by atoms with van der Waals surface area (Å²) in [6.45, 7) is 5.68. The third-order valence-electron chi connectivity index (χ3n) is 2.11. The molecule has 0 heterocycles. The highest BCUT2D eigenvalue weighted by Gasteiger charge is 2.18. The summed E-state index contributed by atoms with van der Waals surface area (Å²) in [7, 11) is 1.56. The smallest absolute Gasteiger partial charge is 0.345 e. The first kappa shape index (κ1) is 16.7. The van der Waals surface area contributed by atoms with E-state index in [-0.39, 0.29) is 6.79 Å². The minimum absolute atomic E-state index is 0.205. The summed E-state index contributed by atoms with van der Waals surface area (Å²) >= 11 is 3.23. The minimum Gasteiger partial charge on any atom is -0.468 e. The molecular formula is C15H19BrO4. The molecule has 1 aromatic carbocycles. The maximum Gasteiger partial charge on any atom is 0.345 e. The van der Waals surface area contributed by atoms with Crippen LogP contribution in [0.1, 0.15) is 26.3 Å². The van der Waals surface area contributed by atoms with Gasteiger partial charge in [0.25, 0.3) is 0 Å². The summed E-state index contributed by atoms with van der Waals surface area (Å²) in [5.41, 5.74) is 0.356. The van der Waals surface area contributed by atoms with Crippen molar-refractivity contribution in [1.82, 2.24) is 0 Å². The van der Waals surface area contributed by atoms with E-state index >= 15 is 0 Å². The standard InChI is InChI=1S/C15H19BrO4/c1-15(2,3)20-14(17)13(16)9-11-5-7-12(8-6-11)19-10-18-4/h5-9H,10H2,1-4H3/b13-9-. The predicted octanol–water partition coefficient (Wildman–Crippen LogP) is 3.75. The van der Waals surface area contributed by atoms with Crippen molar-refractivity contribution in [2.45, 2.75) is 26.4 Å². The molecule has 0 aliphatic carbocycles. The van der Waals surface area contributed by atoms with Crippen molar-refractivity contribution in [3.63, 3.8) is 0 Å². The number of benzene rings is 1. The largest absolute Gasteiger partial charge is 0.468 e. The molecule has 0 bridgehead atoms. The van der Waals surface area contributed by atoms with E-state index in [1.54, 1.807) is 25.3 Å². The van der Waals surface area contributed by atoms with Gasteiger partial charge in [-0.15, -0.1) is 0 Å². The van der Waals surface area contributed by atoms with Crippen LogP contribution in [0.5, 0.6) is 5.75 Å². The molecule has 0 spiro atoms. The molecule has 0 atom stereocenters. The van der Waals surface area contributed by atoms with Crippen molar-refractivity contribution in [3.05, 3.63) is 34.3 Å². The van der Waals surface area contributed by atoms with Crippen molar-refractivity contribution in [1.29, 1.82) is 0 Å². The molecule has 20 heavy (non-hydrogen) atoms. The van der Waals surface area contributed by atoms with Crippen LogP contribution < -0.4 is 4.74 Å². The topological polar surface area (TPSA) is 44.8 Å². The van der Waals surface area contributed by atoms with Gasteiger partial charge >= 0.3 is 5.97 Å². The Morgan fingerprint density at radius 1 is 1.25 bits per heavy atom. The molecule has 0 saturated carbocycles. The second-order valence-corrected chi connectivity index (χ2v) is 5.97. The molecule has 5 heteroatoms. The molecule has 0 aliphatic heterocycles. The van der Waals surface area contributed by atoms with Crippen LogP contribution in [-0.4, -0.2) is 25.5 Å². The van der Waals surface area contributed by atoms with Crippen molar-refractivity contribution in [2.24, 2.45) is 0 Å². The lowest BCUT2D eigenvalue weighted by atomic mass is 10.2. The summed E-state index contributed by atoms with van der Waals surface area (Å²) in [6, 6.07) is 7.30. The van der Waals surface area contributed by atoms with E-state index in [0.717, 1.165) is 5.56 Å². The molecule has 0 unspecified atom stereocenters. The van der Waals surface area contributed by atoms with Gasteiger partial charge in [0.1, 0.15) is 15.8 Å². The van der Waals surface area contributed by atoms with Gasteiger partial charge in [-0.3, -0.25) is 0 Å². The summed E-state index contributed by atoms with van der Waals surface area (Å²) in [5, 5.41) is 0.